The largest absolute Gasteiger partial charge is 0.469 e. The van der Waals surface area contributed by atoms with Crippen LogP contribution in [0.3, 0.4) is 0 Å². The first kappa shape index (κ1) is 14.2. The van der Waals surface area contributed by atoms with Gasteiger partial charge in [0.25, 0.3) is 0 Å². The third-order valence-electron chi connectivity index (χ3n) is 3.24. The van der Waals surface area contributed by atoms with Crippen LogP contribution in [0.1, 0.15) is 33.6 Å². The molecule has 2 rings (SSSR count). The Kier molecular flexibility index (Phi) is 3.61. The summed E-state index contributed by atoms with van der Waals surface area (Å²) in [6, 6.07) is 0. The summed E-state index contributed by atoms with van der Waals surface area (Å²) in [4.78, 5) is 36.2. The molecule has 20 heavy (non-hydrogen) atoms. The second-order valence-corrected chi connectivity index (χ2v) is 4.95. The highest BCUT2D eigenvalue weighted by atomic mass is 16.6. The number of hydrogen-bond acceptors (Lipinski definition) is 5. The van der Waals surface area contributed by atoms with Crippen molar-refractivity contribution in [2.24, 2.45) is 0 Å². The molecule has 0 N–H and O–H groups in total. The lowest BCUT2D eigenvalue weighted by atomic mass is 9.80. The first-order chi connectivity index (χ1) is 9.38. The highest BCUT2D eigenvalue weighted by molar-refractivity contribution is 6.26. The van der Waals surface area contributed by atoms with Crippen molar-refractivity contribution < 1.29 is 23.9 Å². The van der Waals surface area contributed by atoms with Gasteiger partial charge in [0.05, 0.1) is 5.57 Å². The number of esters is 1. The summed E-state index contributed by atoms with van der Waals surface area (Å²) in [5, 5.41) is 0. The Morgan fingerprint density at radius 1 is 1.35 bits per heavy atom. The molecule has 2 aliphatic rings. The summed E-state index contributed by atoms with van der Waals surface area (Å²) >= 11 is 0. The molecule has 1 aliphatic carbocycles. The lowest BCUT2D eigenvalue weighted by Gasteiger charge is -2.31. The molecule has 0 bridgehead atoms. The van der Waals surface area contributed by atoms with Crippen molar-refractivity contribution in [3.63, 3.8) is 0 Å². The molecule has 1 atom stereocenters. The number of ketones is 2. The van der Waals surface area contributed by atoms with E-state index in [1.165, 1.54) is 19.3 Å². The maximum absolute atomic E-state index is 12.4. The van der Waals surface area contributed by atoms with Gasteiger partial charge in [-0.05, 0) is 38.0 Å². The van der Waals surface area contributed by atoms with E-state index in [2.05, 4.69) is 0 Å². The van der Waals surface area contributed by atoms with Crippen molar-refractivity contribution in [1.82, 2.24) is 0 Å². The van der Waals surface area contributed by atoms with E-state index < -0.39 is 23.1 Å². The van der Waals surface area contributed by atoms with Crippen molar-refractivity contribution in [1.29, 1.82) is 0 Å². The van der Waals surface area contributed by atoms with E-state index in [0.29, 0.717) is 17.8 Å². The van der Waals surface area contributed by atoms with Crippen LogP contribution >= 0.6 is 0 Å². The summed E-state index contributed by atoms with van der Waals surface area (Å²) in [5.74, 6) is -1.04. The Morgan fingerprint density at radius 3 is 2.70 bits per heavy atom. The van der Waals surface area contributed by atoms with Gasteiger partial charge in [0.15, 0.2) is 0 Å². The minimum Gasteiger partial charge on any atom is -0.469 e. The fourth-order valence-electron chi connectivity index (χ4n) is 2.08. The van der Waals surface area contributed by atoms with E-state index in [-0.39, 0.29) is 12.0 Å². The molecule has 0 saturated heterocycles. The van der Waals surface area contributed by atoms with E-state index in [9.17, 15) is 14.4 Å². The predicted molar refractivity (Wildman–Crippen MR) is 70.4 cm³/mol. The zero-order chi connectivity index (χ0) is 14.9. The molecule has 1 aliphatic heterocycles. The summed E-state index contributed by atoms with van der Waals surface area (Å²) in [5.41, 5.74) is -1.04. The maximum atomic E-state index is 12.4. The molecule has 106 valence electrons. The second kappa shape index (κ2) is 5.07. The van der Waals surface area contributed by atoms with E-state index in [1.807, 2.05) is 6.92 Å². The minimum atomic E-state index is -1.79. The van der Waals surface area contributed by atoms with Crippen LogP contribution in [0, 0.1) is 0 Å². The van der Waals surface area contributed by atoms with Gasteiger partial charge in [-0.2, -0.15) is 0 Å². The number of ether oxygens (including phenoxy) is 2. The third kappa shape index (κ3) is 2.31. The molecule has 1 unspecified atom stereocenters. The second-order valence-electron chi connectivity index (χ2n) is 4.95. The molecular formula is C15H16O5. The number of Topliss-reactive ketones (excluding diaryl/α,β-unsaturated/α-hetero) is 1. The third-order valence-corrected chi connectivity index (χ3v) is 3.24. The number of allylic oxidation sites excluding steroid dienone is 3. The fourth-order valence-corrected chi connectivity index (χ4v) is 2.08. The van der Waals surface area contributed by atoms with Crippen LogP contribution < -0.4 is 0 Å². The molecule has 0 radical (unpaired) electrons. The fraction of sp³-hybridized carbons (Fsp3) is 0.400. The molecule has 0 spiro atoms. The van der Waals surface area contributed by atoms with Gasteiger partial charge in [0, 0.05) is 6.42 Å². The smallest absolute Gasteiger partial charge is 0.307 e. The van der Waals surface area contributed by atoms with Crippen LogP contribution in [0.4, 0.5) is 0 Å². The van der Waals surface area contributed by atoms with Crippen LogP contribution in [0.5, 0.6) is 0 Å². The van der Waals surface area contributed by atoms with Gasteiger partial charge in [-0.1, -0.05) is 6.92 Å². The molecule has 5 nitrogen and oxygen atoms in total. The molecule has 1 heterocycles. The Balaban J connectivity index is 2.36. The van der Waals surface area contributed by atoms with Crippen LogP contribution in [0.15, 0.2) is 35.3 Å². The molecule has 0 amide bonds. The van der Waals surface area contributed by atoms with E-state index in [1.54, 1.807) is 13.0 Å². The van der Waals surface area contributed by atoms with Crippen molar-refractivity contribution >= 4 is 17.5 Å². The topological polar surface area (TPSA) is 69.7 Å². The van der Waals surface area contributed by atoms with Gasteiger partial charge in [-0.25, -0.2) is 0 Å². The normalized spacial score (nSPS) is 25.1. The number of fused-ring (bicyclic) bond motifs is 1. The summed E-state index contributed by atoms with van der Waals surface area (Å²) in [6.45, 7) is 4.86. The summed E-state index contributed by atoms with van der Waals surface area (Å²) in [7, 11) is 0. The van der Waals surface area contributed by atoms with Crippen molar-refractivity contribution in [2.45, 2.75) is 39.2 Å². The van der Waals surface area contributed by atoms with Crippen LogP contribution in [-0.4, -0.2) is 23.1 Å². The van der Waals surface area contributed by atoms with Gasteiger partial charge in [-0.15, -0.1) is 0 Å². The molecule has 0 saturated carbocycles. The van der Waals surface area contributed by atoms with Crippen LogP contribution in [0.2, 0.25) is 0 Å². The maximum Gasteiger partial charge on any atom is 0.307 e. The molecule has 0 fully saturated rings. The SMILES string of the molecule is CCCC(=O)OC1(C)C(=O)C=C2C=C(C)OC=C2C1=O. The first-order valence-corrected chi connectivity index (χ1v) is 6.46. The standard InChI is InChI=1S/C15H16O5/c1-4-5-13(17)20-15(3)12(16)7-10-6-9(2)19-8-11(10)14(15)18/h6-8H,4-5H2,1-3H3. The highest BCUT2D eigenvalue weighted by Crippen LogP contribution is 2.33. The Morgan fingerprint density at radius 2 is 2.05 bits per heavy atom. The monoisotopic (exact) mass is 276 g/mol. The first-order valence-electron chi connectivity index (χ1n) is 6.46. The van der Waals surface area contributed by atoms with E-state index in [4.69, 9.17) is 9.47 Å². The zero-order valence-corrected chi connectivity index (χ0v) is 11.7. The van der Waals surface area contributed by atoms with Crippen molar-refractivity contribution in [2.75, 3.05) is 0 Å². The van der Waals surface area contributed by atoms with Crippen molar-refractivity contribution in [3.05, 3.63) is 35.3 Å². The predicted octanol–water partition coefficient (Wildman–Crippen LogP) is 1.98. The van der Waals surface area contributed by atoms with E-state index >= 15 is 0 Å². The molecule has 0 aromatic heterocycles. The number of rotatable bonds is 3. The highest BCUT2D eigenvalue weighted by Gasteiger charge is 2.49. The number of hydrogen-bond donors (Lipinski definition) is 0. The van der Waals surface area contributed by atoms with Gasteiger partial charge >= 0.3 is 5.97 Å². The van der Waals surface area contributed by atoms with Crippen LogP contribution in [-0.2, 0) is 23.9 Å². The van der Waals surface area contributed by atoms with Gasteiger partial charge in [0.1, 0.15) is 12.0 Å². The quantitative estimate of drug-likeness (QED) is 0.582. The Bertz CT molecular complexity index is 579. The average Bonchev–Trinajstić information content (AvgIpc) is 2.36. The molecular weight excluding hydrogens is 260 g/mol. The summed E-state index contributed by atoms with van der Waals surface area (Å²) in [6.07, 6.45) is 4.98. The molecule has 0 aromatic rings. The van der Waals surface area contributed by atoms with Crippen molar-refractivity contribution in [3.8, 4) is 0 Å². The Labute approximate surface area is 116 Å². The number of carbonyl (C=O) groups excluding carboxylic acids is 3. The molecule has 5 heteroatoms. The zero-order valence-electron chi connectivity index (χ0n) is 11.7. The summed E-state index contributed by atoms with van der Waals surface area (Å²) < 4.78 is 10.3. The van der Waals surface area contributed by atoms with Gasteiger partial charge in [-0.3, -0.25) is 14.4 Å². The average molecular weight is 276 g/mol. The lowest BCUT2D eigenvalue weighted by Crippen LogP contribution is -2.50. The number of carbonyl (C=O) groups is 3. The lowest BCUT2D eigenvalue weighted by molar-refractivity contribution is -0.168. The minimum absolute atomic E-state index is 0.168. The van der Waals surface area contributed by atoms with Gasteiger partial charge in [0.2, 0.25) is 17.2 Å². The van der Waals surface area contributed by atoms with Gasteiger partial charge < -0.3 is 9.47 Å². The van der Waals surface area contributed by atoms with Crippen LogP contribution in [0.25, 0.3) is 0 Å². The van der Waals surface area contributed by atoms with E-state index in [0.717, 1.165) is 0 Å². The molecule has 0 aromatic carbocycles. The Hall–Kier alpha value is -2.17.